The van der Waals surface area contributed by atoms with Crippen molar-refractivity contribution in [3.05, 3.63) is 48.5 Å². The minimum atomic E-state index is -1.05. The molecule has 128 valence electrons. The highest BCUT2D eigenvalue weighted by Gasteiger charge is 2.36. The van der Waals surface area contributed by atoms with Crippen molar-refractivity contribution in [3.8, 4) is 0 Å². The molecular weight excluding hydrogens is 306 g/mol. The summed E-state index contributed by atoms with van der Waals surface area (Å²) < 4.78 is 1.71. The summed E-state index contributed by atoms with van der Waals surface area (Å²) >= 11 is 0. The zero-order chi connectivity index (χ0) is 17.0. The molecule has 1 N–H and O–H groups in total. The van der Waals surface area contributed by atoms with Gasteiger partial charge < -0.3 is 10.0 Å². The van der Waals surface area contributed by atoms with Crippen LogP contribution in [-0.2, 0) is 17.9 Å². The molecule has 1 saturated heterocycles. The summed E-state index contributed by atoms with van der Waals surface area (Å²) in [5.74, 6) is -0.0198. The molecule has 3 heterocycles. The summed E-state index contributed by atoms with van der Waals surface area (Å²) in [5.41, 5.74) is -0.0987. The Morgan fingerprint density at radius 2 is 2.12 bits per heavy atom. The first-order valence-corrected chi connectivity index (χ1v) is 8.12. The van der Waals surface area contributed by atoms with Crippen LogP contribution in [0.4, 0.5) is 0 Å². The van der Waals surface area contributed by atoms with E-state index in [4.69, 9.17) is 0 Å². The molecule has 1 amide bonds. The number of pyridine rings is 1. The van der Waals surface area contributed by atoms with Crippen molar-refractivity contribution in [2.24, 2.45) is 0 Å². The fourth-order valence-corrected chi connectivity index (χ4v) is 3.16. The van der Waals surface area contributed by atoms with Gasteiger partial charge in [0.05, 0.1) is 18.8 Å². The third kappa shape index (κ3) is 4.18. The Bertz CT molecular complexity index is 661. The first-order valence-electron chi connectivity index (χ1n) is 8.12. The fourth-order valence-electron chi connectivity index (χ4n) is 3.16. The molecule has 7 nitrogen and oxygen atoms in total. The van der Waals surface area contributed by atoms with Gasteiger partial charge in [-0.05, 0) is 18.2 Å². The van der Waals surface area contributed by atoms with Gasteiger partial charge in [-0.1, -0.05) is 6.07 Å². The number of aromatic nitrogens is 3. The Hall–Kier alpha value is -2.25. The third-order valence-electron chi connectivity index (χ3n) is 4.26. The second kappa shape index (κ2) is 7.11. The molecular formula is C17H23N5O2. The van der Waals surface area contributed by atoms with Crippen molar-refractivity contribution in [3.63, 3.8) is 0 Å². The quantitative estimate of drug-likeness (QED) is 0.877. The van der Waals surface area contributed by atoms with Gasteiger partial charge in [0.2, 0.25) is 5.91 Å². The van der Waals surface area contributed by atoms with Crippen LogP contribution in [-0.4, -0.2) is 67.4 Å². The molecule has 0 radical (unpaired) electrons. The van der Waals surface area contributed by atoms with Crippen LogP contribution in [0.5, 0.6) is 0 Å². The van der Waals surface area contributed by atoms with Crippen LogP contribution in [0.2, 0.25) is 0 Å². The van der Waals surface area contributed by atoms with Gasteiger partial charge in [-0.25, -0.2) is 0 Å². The van der Waals surface area contributed by atoms with Gasteiger partial charge in [0, 0.05) is 51.7 Å². The van der Waals surface area contributed by atoms with E-state index in [1.807, 2.05) is 30.5 Å². The zero-order valence-electron chi connectivity index (χ0n) is 13.9. The molecule has 24 heavy (non-hydrogen) atoms. The average Bonchev–Trinajstić information content (AvgIpc) is 2.98. The van der Waals surface area contributed by atoms with E-state index in [0.29, 0.717) is 39.3 Å². The molecule has 0 bridgehead atoms. The van der Waals surface area contributed by atoms with Crippen molar-refractivity contribution >= 4 is 5.91 Å². The second-order valence-corrected chi connectivity index (χ2v) is 6.40. The van der Waals surface area contributed by atoms with Crippen molar-refractivity contribution in [2.75, 3.05) is 26.2 Å². The van der Waals surface area contributed by atoms with E-state index in [-0.39, 0.29) is 5.91 Å². The molecule has 1 aliphatic heterocycles. The molecule has 1 fully saturated rings. The first kappa shape index (κ1) is 16.6. The molecule has 0 unspecified atom stereocenters. The normalized spacial score (nSPS) is 22.3. The molecule has 3 rings (SSSR count). The van der Waals surface area contributed by atoms with Crippen molar-refractivity contribution < 1.29 is 9.90 Å². The predicted octanol–water partition coefficient (Wildman–Crippen LogP) is 0.373. The Labute approximate surface area is 141 Å². The largest absolute Gasteiger partial charge is 0.385 e. The summed E-state index contributed by atoms with van der Waals surface area (Å²) in [4.78, 5) is 20.1. The van der Waals surface area contributed by atoms with Gasteiger partial charge in [0.1, 0.15) is 5.60 Å². The Morgan fingerprint density at radius 3 is 2.79 bits per heavy atom. The van der Waals surface area contributed by atoms with Gasteiger partial charge in [-0.3, -0.25) is 19.4 Å². The molecule has 1 aliphatic rings. The summed E-state index contributed by atoms with van der Waals surface area (Å²) in [5, 5.41) is 15.4. The van der Waals surface area contributed by atoms with E-state index in [2.05, 4.69) is 15.0 Å². The molecule has 2 aromatic rings. The van der Waals surface area contributed by atoms with Crippen LogP contribution in [0.15, 0.2) is 42.9 Å². The van der Waals surface area contributed by atoms with E-state index < -0.39 is 5.60 Å². The highest BCUT2D eigenvalue weighted by Crippen LogP contribution is 2.18. The summed E-state index contributed by atoms with van der Waals surface area (Å²) in [7, 11) is 0. The SMILES string of the molecule is CC(=O)N1CCN(Cc2ccccn2)C[C@](O)(Cn2cccn2)C1. The van der Waals surface area contributed by atoms with Crippen LogP contribution >= 0.6 is 0 Å². The number of rotatable bonds is 4. The minimum Gasteiger partial charge on any atom is -0.385 e. The van der Waals surface area contributed by atoms with Gasteiger partial charge in [-0.15, -0.1) is 0 Å². The lowest BCUT2D eigenvalue weighted by Gasteiger charge is -2.32. The minimum absolute atomic E-state index is 0.0198. The lowest BCUT2D eigenvalue weighted by molar-refractivity contribution is -0.132. The van der Waals surface area contributed by atoms with E-state index in [1.54, 1.807) is 28.9 Å². The smallest absolute Gasteiger partial charge is 0.219 e. The summed E-state index contributed by atoms with van der Waals surface area (Å²) in [6.45, 7) is 4.62. The second-order valence-electron chi connectivity index (χ2n) is 6.40. The maximum atomic E-state index is 11.9. The number of hydrogen-bond donors (Lipinski definition) is 1. The highest BCUT2D eigenvalue weighted by molar-refractivity contribution is 5.73. The molecule has 0 spiro atoms. The standard InChI is InChI=1S/C17H23N5O2/c1-15(23)21-10-9-20(11-16-5-2-3-6-18-16)12-17(24,13-21)14-22-8-4-7-19-22/h2-8,24H,9-14H2,1H3/t17-/m1/s1. The van der Waals surface area contributed by atoms with Gasteiger partial charge >= 0.3 is 0 Å². The third-order valence-corrected chi connectivity index (χ3v) is 4.26. The van der Waals surface area contributed by atoms with Gasteiger partial charge in [0.25, 0.3) is 0 Å². The van der Waals surface area contributed by atoms with E-state index >= 15 is 0 Å². The van der Waals surface area contributed by atoms with Crippen LogP contribution in [0.3, 0.4) is 0 Å². The number of amides is 1. The maximum Gasteiger partial charge on any atom is 0.219 e. The van der Waals surface area contributed by atoms with Gasteiger partial charge in [-0.2, -0.15) is 5.10 Å². The number of hydrogen-bond acceptors (Lipinski definition) is 5. The molecule has 1 atom stereocenters. The van der Waals surface area contributed by atoms with E-state index in [1.165, 1.54) is 0 Å². The first-order chi connectivity index (χ1) is 11.5. The van der Waals surface area contributed by atoms with E-state index in [9.17, 15) is 9.90 Å². The van der Waals surface area contributed by atoms with Crippen LogP contribution in [0.1, 0.15) is 12.6 Å². The Kier molecular flexibility index (Phi) is 4.92. The topological polar surface area (TPSA) is 74.5 Å². The number of β-amino-alcohol motifs (C(OH)–C–C–N with tert-alkyl or cyclic N) is 1. The number of carbonyl (C=O) groups is 1. The summed E-state index contributed by atoms with van der Waals surface area (Å²) in [6.07, 6.45) is 5.28. The number of aliphatic hydroxyl groups is 1. The molecule has 7 heteroatoms. The zero-order valence-corrected chi connectivity index (χ0v) is 13.9. The Balaban J connectivity index is 1.77. The van der Waals surface area contributed by atoms with Crippen molar-refractivity contribution in [1.29, 1.82) is 0 Å². The molecule has 0 aliphatic carbocycles. The lowest BCUT2D eigenvalue weighted by atomic mass is 10.0. The monoisotopic (exact) mass is 329 g/mol. The fraction of sp³-hybridized carbons (Fsp3) is 0.471. The van der Waals surface area contributed by atoms with Crippen LogP contribution < -0.4 is 0 Å². The van der Waals surface area contributed by atoms with Crippen molar-refractivity contribution in [1.82, 2.24) is 24.6 Å². The van der Waals surface area contributed by atoms with Crippen LogP contribution in [0, 0.1) is 0 Å². The highest BCUT2D eigenvalue weighted by atomic mass is 16.3. The Morgan fingerprint density at radius 1 is 1.25 bits per heavy atom. The van der Waals surface area contributed by atoms with Gasteiger partial charge in [0.15, 0.2) is 0 Å². The predicted molar refractivity (Wildman–Crippen MR) is 88.9 cm³/mol. The lowest BCUT2D eigenvalue weighted by Crippen LogP contribution is -2.50. The molecule has 0 aromatic carbocycles. The van der Waals surface area contributed by atoms with E-state index in [0.717, 1.165) is 5.69 Å². The number of nitrogens with zero attached hydrogens (tertiary/aromatic N) is 5. The molecule has 2 aromatic heterocycles. The van der Waals surface area contributed by atoms with Crippen molar-refractivity contribution in [2.45, 2.75) is 25.6 Å². The summed E-state index contributed by atoms with van der Waals surface area (Å²) in [6, 6.07) is 7.64. The molecule has 0 saturated carbocycles. The maximum absolute atomic E-state index is 11.9. The van der Waals surface area contributed by atoms with Crippen LogP contribution in [0.25, 0.3) is 0 Å². The number of carbonyl (C=O) groups excluding carboxylic acids is 1. The average molecular weight is 329 g/mol.